The van der Waals surface area contributed by atoms with Gasteiger partial charge in [-0.2, -0.15) is 0 Å². The number of aryl methyl sites for hydroxylation is 3. The summed E-state index contributed by atoms with van der Waals surface area (Å²) in [5, 5.41) is 2.95. The standard InChI is InChI=1S/C26H25N3O2/c1-17-7-11-20(12-8-17)16-29-24(21-13-9-18(2)10-14-21)23(26(31)28-29)27-25(30)22-6-4-5-19(3)15-22/h4-16,23-24H,1-3H3,(H-,27,28,30,31)/p+1/b29-16-/t23-,24-/m1/s1. The van der Waals surface area contributed by atoms with Crippen LogP contribution in [-0.4, -0.2) is 28.8 Å². The number of benzene rings is 3. The first-order valence-corrected chi connectivity index (χ1v) is 10.4. The Hall–Kier alpha value is -3.73. The second-order valence-electron chi connectivity index (χ2n) is 8.10. The molecule has 3 aromatic rings. The van der Waals surface area contributed by atoms with Crippen molar-refractivity contribution >= 4 is 18.0 Å². The van der Waals surface area contributed by atoms with Gasteiger partial charge in [-0.05, 0) is 45.0 Å². The lowest BCUT2D eigenvalue weighted by molar-refractivity contribution is -0.596. The number of hydrogen-bond acceptors (Lipinski definition) is 2. The van der Waals surface area contributed by atoms with Gasteiger partial charge in [-0.25, -0.2) is 0 Å². The van der Waals surface area contributed by atoms with Crippen LogP contribution in [0.25, 0.3) is 0 Å². The van der Waals surface area contributed by atoms with Gasteiger partial charge < -0.3 is 5.32 Å². The van der Waals surface area contributed by atoms with Crippen LogP contribution < -0.4 is 10.7 Å². The summed E-state index contributed by atoms with van der Waals surface area (Å²) in [4.78, 5) is 25.8. The number of carbonyl (C=O) groups excluding carboxylic acids is 2. The van der Waals surface area contributed by atoms with E-state index in [0.717, 1.165) is 22.3 Å². The van der Waals surface area contributed by atoms with Crippen LogP contribution in [0.4, 0.5) is 0 Å². The van der Waals surface area contributed by atoms with Crippen LogP contribution in [0.3, 0.4) is 0 Å². The van der Waals surface area contributed by atoms with Gasteiger partial charge in [-0.1, -0.05) is 65.2 Å². The van der Waals surface area contributed by atoms with Gasteiger partial charge in [0.2, 0.25) is 12.3 Å². The zero-order chi connectivity index (χ0) is 22.0. The average Bonchev–Trinajstić information content (AvgIpc) is 3.05. The van der Waals surface area contributed by atoms with Gasteiger partial charge in [0.1, 0.15) is 0 Å². The molecule has 1 aliphatic heterocycles. The summed E-state index contributed by atoms with van der Waals surface area (Å²) in [6.45, 7) is 5.99. The molecule has 0 spiro atoms. The van der Waals surface area contributed by atoms with Crippen LogP contribution in [0.2, 0.25) is 0 Å². The lowest BCUT2D eigenvalue weighted by atomic mass is 9.98. The lowest BCUT2D eigenvalue weighted by Crippen LogP contribution is -2.42. The molecule has 5 heteroatoms. The molecule has 156 valence electrons. The fraction of sp³-hybridized carbons (Fsp3) is 0.192. The molecule has 2 amide bonds. The molecule has 0 unspecified atom stereocenters. The lowest BCUT2D eigenvalue weighted by Gasteiger charge is -2.15. The molecule has 31 heavy (non-hydrogen) atoms. The molecule has 0 aromatic heterocycles. The topological polar surface area (TPSA) is 61.2 Å². The van der Waals surface area contributed by atoms with E-state index in [-0.39, 0.29) is 17.9 Å². The third-order valence-electron chi connectivity index (χ3n) is 5.49. The number of carbonyl (C=O) groups is 2. The first-order chi connectivity index (χ1) is 14.9. The second kappa shape index (κ2) is 8.56. The molecule has 0 aliphatic carbocycles. The van der Waals surface area contributed by atoms with E-state index >= 15 is 0 Å². The largest absolute Gasteiger partial charge is 0.334 e. The fourth-order valence-electron chi connectivity index (χ4n) is 3.77. The minimum Gasteiger partial charge on any atom is -0.334 e. The van der Waals surface area contributed by atoms with Crippen LogP contribution in [0.1, 0.15) is 44.2 Å². The van der Waals surface area contributed by atoms with Crippen LogP contribution in [0.15, 0.2) is 72.8 Å². The highest BCUT2D eigenvalue weighted by Gasteiger charge is 2.47. The van der Waals surface area contributed by atoms with Gasteiger partial charge in [0.15, 0.2) is 6.04 Å². The molecule has 1 fully saturated rings. The Kier molecular flexibility index (Phi) is 5.67. The normalized spacial score (nSPS) is 19.3. The number of rotatable bonds is 4. The summed E-state index contributed by atoms with van der Waals surface area (Å²) in [6, 6.07) is 22.4. The van der Waals surface area contributed by atoms with Gasteiger partial charge in [-0.15, -0.1) is 10.1 Å². The van der Waals surface area contributed by atoms with E-state index in [1.54, 1.807) is 10.8 Å². The zero-order valence-electron chi connectivity index (χ0n) is 17.9. The second-order valence-corrected chi connectivity index (χ2v) is 8.10. The van der Waals surface area contributed by atoms with E-state index in [2.05, 4.69) is 10.7 Å². The molecular weight excluding hydrogens is 386 g/mol. The monoisotopic (exact) mass is 412 g/mol. The predicted octanol–water partition coefficient (Wildman–Crippen LogP) is 3.63. The van der Waals surface area contributed by atoms with Crippen LogP contribution in [-0.2, 0) is 4.79 Å². The molecule has 3 aromatic carbocycles. The molecule has 4 rings (SSSR count). The molecule has 5 nitrogen and oxygen atoms in total. The summed E-state index contributed by atoms with van der Waals surface area (Å²) < 4.78 is 1.79. The number of amides is 2. The minimum absolute atomic E-state index is 0.241. The van der Waals surface area contributed by atoms with Gasteiger partial charge in [-0.3, -0.25) is 9.59 Å². The molecule has 1 aliphatic rings. The number of hydrogen-bond donors (Lipinski definition) is 2. The summed E-state index contributed by atoms with van der Waals surface area (Å²) in [5.74, 6) is -0.506. The van der Waals surface area contributed by atoms with Crippen molar-refractivity contribution in [2.75, 3.05) is 0 Å². The molecule has 2 atom stereocenters. The van der Waals surface area contributed by atoms with Gasteiger partial charge in [0, 0.05) is 16.7 Å². The Labute approximate surface area is 182 Å². The van der Waals surface area contributed by atoms with E-state index < -0.39 is 6.04 Å². The first kappa shape index (κ1) is 20.5. The Balaban J connectivity index is 1.70. The maximum Gasteiger partial charge on any atom is 0.304 e. The maximum absolute atomic E-state index is 12.9. The van der Waals surface area contributed by atoms with Crippen LogP contribution in [0.5, 0.6) is 0 Å². The van der Waals surface area contributed by atoms with E-state index in [9.17, 15) is 9.59 Å². The van der Waals surface area contributed by atoms with Crippen molar-refractivity contribution in [3.63, 3.8) is 0 Å². The number of hydrazone groups is 1. The molecule has 0 radical (unpaired) electrons. The molecule has 1 heterocycles. The van der Waals surface area contributed by atoms with Gasteiger partial charge >= 0.3 is 5.91 Å². The number of nitrogens with one attached hydrogen (secondary N) is 2. The van der Waals surface area contributed by atoms with Crippen LogP contribution >= 0.6 is 0 Å². The third-order valence-corrected chi connectivity index (χ3v) is 5.49. The Morgan fingerprint density at radius 2 is 1.55 bits per heavy atom. The van der Waals surface area contributed by atoms with Gasteiger partial charge in [0.25, 0.3) is 5.91 Å². The van der Waals surface area contributed by atoms with Crippen molar-refractivity contribution in [1.29, 1.82) is 0 Å². The van der Waals surface area contributed by atoms with Crippen molar-refractivity contribution in [1.82, 2.24) is 10.7 Å². The van der Waals surface area contributed by atoms with E-state index in [0.29, 0.717) is 5.56 Å². The Bertz CT molecular complexity index is 1150. The number of nitrogens with zero attached hydrogens (tertiary/aromatic N) is 1. The Morgan fingerprint density at radius 1 is 0.903 bits per heavy atom. The summed E-state index contributed by atoms with van der Waals surface area (Å²) in [6.07, 6.45) is 1.90. The summed E-state index contributed by atoms with van der Waals surface area (Å²) >= 11 is 0. The van der Waals surface area contributed by atoms with E-state index in [4.69, 9.17) is 0 Å². The highest BCUT2D eigenvalue weighted by Crippen LogP contribution is 2.26. The predicted molar refractivity (Wildman–Crippen MR) is 121 cm³/mol. The van der Waals surface area contributed by atoms with Crippen molar-refractivity contribution < 1.29 is 14.3 Å². The highest BCUT2D eigenvalue weighted by molar-refractivity contribution is 5.98. The molecule has 1 saturated heterocycles. The quantitative estimate of drug-likeness (QED) is 0.643. The summed E-state index contributed by atoms with van der Waals surface area (Å²) in [5.41, 5.74) is 8.67. The molecule has 0 saturated carbocycles. The zero-order valence-corrected chi connectivity index (χ0v) is 17.9. The Morgan fingerprint density at radius 3 is 2.19 bits per heavy atom. The van der Waals surface area contributed by atoms with Crippen molar-refractivity contribution in [3.8, 4) is 0 Å². The van der Waals surface area contributed by atoms with E-state index in [1.165, 1.54) is 5.56 Å². The van der Waals surface area contributed by atoms with Crippen molar-refractivity contribution in [2.45, 2.75) is 32.9 Å². The average molecular weight is 413 g/mol. The van der Waals surface area contributed by atoms with Gasteiger partial charge in [0.05, 0.1) is 0 Å². The summed E-state index contributed by atoms with van der Waals surface area (Å²) in [7, 11) is 0. The third kappa shape index (κ3) is 4.56. The fourth-order valence-corrected chi connectivity index (χ4v) is 3.77. The maximum atomic E-state index is 12.9. The molecule has 0 bridgehead atoms. The van der Waals surface area contributed by atoms with E-state index in [1.807, 2.05) is 93.7 Å². The smallest absolute Gasteiger partial charge is 0.304 e. The van der Waals surface area contributed by atoms with Crippen LogP contribution in [0, 0.1) is 20.8 Å². The number of hydrazine groups is 1. The SMILES string of the molecule is Cc1ccc(/C=[N+]2\NC(=O)[C@H](NC(=O)c3cccc(C)c3)[C@H]2c2ccc(C)cc2)cc1. The minimum atomic E-state index is -0.725. The molecular formula is C26H26N3O2+. The molecule has 2 N–H and O–H groups in total. The first-order valence-electron chi connectivity index (χ1n) is 10.4. The van der Waals surface area contributed by atoms with Crippen molar-refractivity contribution in [3.05, 3.63) is 106 Å². The highest BCUT2D eigenvalue weighted by atomic mass is 16.2. The van der Waals surface area contributed by atoms with Crippen molar-refractivity contribution in [2.24, 2.45) is 0 Å².